The zero-order chi connectivity index (χ0) is 18.8. The number of aryl methyl sites for hydroxylation is 1. The van der Waals surface area contributed by atoms with Gasteiger partial charge in [-0.1, -0.05) is 45.0 Å². The van der Waals surface area contributed by atoms with Crippen LogP contribution >= 0.6 is 0 Å². The van der Waals surface area contributed by atoms with Crippen LogP contribution in [0.4, 0.5) is 0 Å². The Bertz CT molecular complexity index is 815. The van der Waals surface area contributed by atoms with Gasteiger partial charge in [-0.15, -0.1) is 0 Å². The topological polar surface area (TPSA) is 59.2 Å². The minimum atomic E-state index is -0.373. The SMILES string of the molecule is CCc1ccc([C@H]2CC(=O)c3c([nH]c(C(=O)OCC(C)C)c3C)C2)cc1. The lowest BCUT2D eigenvalue weighted by Gasteiger charge is -2.22. The Balaban J connectivity index is 1.84. The number of carbonyl (C=O) groups is 2. The van der Waals surface area contributed by atoms with Gasteiger partial charge in [0.25, 0.3) is 0 Å². The fourth-order valence-corrected chi connectivity index (χ4v) is 3.61. The van der Waals surface area contributed by atoms with Crippen molar-refractivity contribution in [2.24, 2.45) is 5.92 Å². The zero-order valence-electron chi connectivity index (χ0n) is 16.0. The standard InChI is InChI=1S/C22H27NO3/c1-5-15-6-8-16(9-7-15)17-10-18-20(19(24)11-17)14(4)21(23-18)22(25)26-12-13(2)3/h6-9,13,17,23H,5,10-12H2,1-4H3/t17-/m1/s1. The van der Waals surface area contributed by atoms with Gasteiger partial charge in [0.1, 0.15) is 5.69 Å². The number of H-pyrrole nitrogens is 1. The second kappa shape index (κ2) is 7.48. The second-order valence-electron chi connectivity index (χ2n) is 7.59. The number of ether oxygens (including phenoxy) is 1. The number of aromatic nitrogens is 1. The number of aromatic amines is 1. The number of carbonyl (C=O) groups excluding carboxylic acids is 2. The lowest BCUT2D eigenvalue weighted by molar-refractivity contribution is 0.0451. The third-order valence-electron chi connectivity index (χ3n) is 5.10. The summed E-state index contributed by atoms with van der Waals surface area (Å²) in [5.41, 5.74) is 5.16. The number of esters is 1. The molecule has 26 heavy (non-hydrogen) atoms. The highest BCUT2D eigenvalue weighted by atomic mass is 16.5. The van der Waals surface area contributed by atoms with Crippen LogP contribution < -0.4 is 0 Å². The van der Waals surface area contributed by atoms with Gasteiger partial charge in [0, 0.05) is 17.7 Å². The normalized spacial score (nSPS) is 16.7. The summed E-state index contributed by atoms with van der Waals surface area (Å²) in [5.74, 6) is 0.161. The molecule has 0 bridgehead atoms. The van der Waals surface area contributed by atoms with Crippen molar-refractivity contribution in [1.29, 1.82) is 0 Å². The fraction of sp³-hybridized carbons (Fsp3) is 0.455. The molecule has 0 unspecified atom stereocenters. The van der Waals surface area contributed by atoms with Crippen LogP contribution in [0.25, 0.3) is 0 Å². The van der Waals surface area contributed by atoms with E-state index >= 15 is 0 Å². The minimum absolute atomic E-state index is 0.104. The fourth-order valence-electron chi connectivity index (χ4n) is 3.61. The van der Waals surface area contributed by atoms with Gasteiger partial charge in [0.15, 0.2) is 5.78 Å². The van der Waals surface area contributed by atoms with Crippen molar-refractivity contribution < 1.29 is 14.3 Å². The molecular formula is C22H27NO3. The summed E-state index contributed by atoms with van der Waals surface area (Å²) in [6.07, 6.45) is 2.23. The van der Waals surface area contributed by atoms with Crippen LogP contribution in [0.1, 0.15) is 76.3 Å². The Labute approximate surface area is 155 Å². The van der Waals surface area contributed by atoms with Gasteiger partial charge < -0.3 is 9.72 Å². The van der Waals surface area contributed by atoms with E-state index in [4.69, 9.17) is 4.74 Å². The lowest BCUT2D eigenvalue weighted by Crippen LogP contribution is -2.18. The number of ketones is 1. The highest BCUT2D eigenvalue weighted by molar-refractivity contribution is 6.03. The summed E-state index contributed by atoms with van der Waals surface area (Å²) >= 11 is 0. The molecule has 0 fully saturated rings. The summed E-state index contributed by atoms with van der Waals surface area (Å²) in [7, 11) is 0. The third-order valence-corrected chi connectivity index (χ3v) is 5.10. The summed E-state index contributed by atoms with van der Waals surface area (Å²) in [6.45, 7) is 8.33. The molecule has 2 aromatic rings. The maximum absolute atomic E-state index is 12.7. The summed E-state index contributed by atoms with van der Waals surface area (Å²) in [5, 5.41) is 0. The Hall–Kier alpha value is -2.36. The number of Topliss-reactive ketones (excluding diaryl/α,β-unsaturated/α-hetero) is 1. The maximum Gasteiger partial charge on any atom is 0.355 e. The first-order chi connectivity index (χ1) is 12.4. The smallest absolute Gasteiger partial charge is 0.355 e. The first-order valence-corrected chi connectivity index (χ1v) is 9.41. The van der Waals surface area contributed by atoms with Crippen molar-refractivity contribution in [1.82, 2.24) is 4.98 Å². The van der Waals surface area contributed by atoms with Gasteiger partial charge in [-0.2, -0.15) is 0 Å². The quantitative estimate of drug-likeness (QED) is 0.799. The van der Waals surface area contributed by atoms with E-state index in [1.165, 1.54) is 11.1 Å². The highest BCUT2D eigenvalue weighted by Crippen LogP contribution is 2.35. The molecule has 0 saturated heterocycles. The van der Waals surface area contributed by atoms with Crippen molar-refractivity contribution >= 4 is 11.8 Å². The molecule has 1 atom stereocenters. The van der Waals surface area contributed by atoms with Gasteiger partial charge >= 0.3 is 5.97 Å². The average molecular weight is 353 g/mol. The summed E-state index contributed by atoms with van der Waals surface area (Å²) in [4.78, 5) is 28.3. The van der Waals surface area contributed by atoms with E-state index in [9.17, 15) is 9.59 Å². The van der Waals surface area contributed by atoms with Crippen LogP contribution in [0.2, 0.25) is 0 Å². The van der Waals surface area contributed by atoms with Crippen LogP contribution in [-0.2, 0) is 17.6 Å². The molecule has 0 spiro atoms. The monoisotopic (exact) mass is 353 g/mol. The molecule has 4 nitrogen and oxygen atoms in total. The molecule has 138 valence electrons. The predicted octanol–water partition coefficient (Wildman–Crippen LogP) is 4.61. The average Bonchev–Trinajstić information content (AvgIpc) is 2.97. The van der Waals surface area contributed by atoms with Crippen LogP contribution in [0.3, 0.4) is 0 Å². The van der Waals surface area contributed by atoms with Crippen molar-refractivity contribution in [3.63, 3.8) is 0 Å². The van der Waals surface area contributed by atoms with Crippen LogP contribution in [0, 0.1) is 12.8 Å². The van der Waals surface area contributed by atoms with E-state index in [0.29, 0.717) is 24.3 Å². The Morgan fingerprint density at radius 2 is 1.92 bits per heavy atom. The predicted molar refractivity (Wildman–Crippen MR) is 102 cm³/mol. The molecule has 1 aromatic carbocycles. The molecule has 1 aliphatic rings. The van der Waals surface area contributed by atoms with E-state index in [-0.39, 0.29) is 23.6 Å². The van der Waals surface area contributed by atoms with E-state index < -0.39 is 0 Å². The van der Waals surface area contributed by atoms with E-state index in [2.05, 4.69) is 36.2 Å². The number of hydrogen-bond donors (Lipinski definition) is 1. The van der Waals surface area contributed by atoms with Crippen molar-refractivity contribution in [3.05, 3.63) is 57.9 Å². The van der Waals surface area contributed by atoms with Crippen LogP contribution in [-0.4, -0.2) is 23.3 Å². The molecule has 0 amide bonds. The second-order valence-corrected chi connectivity index (χ2v) is 7.59. The van der Waals surface area contributed by atoms with Gasteiger partial charge in [-0.3, -0.25) is 4.79 Å². The number of benzene rings is 1. The van der Waals surface area contributed by atoms with E-state index in [1.54, 1.807) is 0 Å². The number of rotatable bonds is 5. The molecule has 1 aromatic heterocycles. The molecule has 1 aliphatic carbocycles. The number of fused-ring (bicyclic) bond motifs is 1. The van der Waals surface area contributed by atoms with Crippen molar-refractivity contribution in [2.75, 3.05) is 6.61 Å². The van der Waals surface area contributed by atoms with E-state index in [0.717, 1.165) is 24.1 Å². The first kappa shape index (κ1) is 18.4. The molecule has 0 saturated carbocycles. The molecular weight excluding hydrogens is 326 g/mol. The third kappa shape index (κ3) is 3.59. The highest BCUT2D eigenvalue weighted by Gasteiger charge is 2.32. The maximum atomic E-state index is 12.7. The first-order valence-electron chi connectivity index (χ1n) is 9.41. The van der Waals surface area contributed by atoms with Crippen LogP contribution in [0.5, 0.6) is 0 Å². The molecule has 4 heteroatoms. The number of hydrogen-bond acceptors (Lipinski definition) is 3. The van der Waals surface area contributed by atoms with Gasteiger partial charge in [0.05, 0.1) is 6.61 Å². The molecule has 1 heterocycles. The Morgan fingerprint density at radius 1 is 1.23 bits per heavy atom. The van der Waals surface area contributed by atoms with Crippen molar-refractivity contribution in [3.8, 4) is 0 Å². The summed E-state index contributed by atoms with van der Waals surface area (Å²) in [6, 6.07) is 8.50. The Kier molecular flexibility index (Phi) is 5.30. The van der Waals surface area contributed by atoms with Crippen molar-refractivity contribution in [2.45, 2.75) is 52.9 Å². The molecule has 0 radical (unpaired) electrons. The van der Waals surface area contributed by atoms with Gasteiger partial charge in [0.2, 0.25) is 0 Å². The van der Waals surface area contributed by atoms with Gasteiger partial charge in [-0.05, 0) is 48.3 Å². The number of nitrogens with one attached hydrogen (secondary N) is 1. The van der Waals surface area contributed by atoms with E-state index in [1.807, 2.05) is 20.8 Å². The Morgan fingerprint density at radius 3 is 2.54 bits per heavy atom. The molecule has 0 aliphatic heterocycles. The van der Waals surface area contributed by atoms with Gasteiger partial charge in [-0.25, -0.2) is 4.79 Å². The minimum Gasteiger partial charge on any atom is -0.461 e. The zero-order valence-corrected chi connectivity index (χ0v) is 16.0. The molecule has 3 rings (SSSR count). The van der Waals surface area contributed by atoms with Crippen LogP contribution in [0.15, 0.2) is 24.3 Å². The molecule has 1 N–H and O–H groups in total. The summed E-state index contributed by atoms with van der Waals surface area (Å²) < 4.78 is 5.34. The largest absolute Gasteiger partial charge is 0.461 e. The lowest BCUT2D eigenvalue weighted by atomic mass is 9.81.